The van der Waals surface area contributed by atoms with Gasteiger partial charge in [0.1, 0.15) is 0 Å². The summed E-state index contributed by atoms with van der Waals surface area (Å²) < 4.78 is 1.67. The van der Waals surface area contributed by atoms with Crippen LogP contribution in [0.2, 0.25) is 0 Å². The van der Waals surface area contributed by atoms with Gasteiger partial charge in [-0.25, -0.2) is 4.98 Å². The van der Waals surface area contributed by atoms with Crippen molar-refractivity contribution in [3.8, 4) is 12.3 Å². The second-order valence-corrected chi connectivity index (χ2v) is 5.17. The Labute approximate surface area is 133 Å². The molecule has 0 aliphatic carbocycles. The van der Waals surface area contributed by atoms with Gasteiger partial charge in [-0.1, -0.05) is 12.0 Å². The molecule has 0 atom stereocenters. The number of carbonyl (C=O) groups excluding carboxylic acids is 1. The first kappa shape index (κ1) is 14.6. The molecule has 23 heavy (non-hydrogen) atoms. The monoisotopic (exact) mass is 305 g/mol. The van der Waals surface area contributed by atoms with Crippen LogP contribution >= 0.6 is 0 Å². The Morgan fingerprint density at radius 3 is 2.91 bits per heavy atom. The molecule has 0 spiro atoms. The van der Waals surface area contributed by atoms with Crippen molar-refractivity contribution in [2.24, 2.45) is 12.8 Å². The molecule has 0 saturated carbocycles. The third-order valence-corrected chi connectivity index (χ3v) is 3.59. The third-order valence-electron chi connectivity index (χ3n) is 3.59. The molecular formula is C17H15N5O. The number of aromatic nitrogens is 3. The minimum atomic E-state index is -0.557. The van der Waals surface area contributed by atoms with E-state index in [1.165, 1.54) is 6.20 Å². The van der Waals surface area contributed by atoms with Crippen molar-refractivity contribution in [2.75, 3.05) is 5.32 Å². The summed E-state index contributed by atoms with van der Waals surface area (Å²) in [6.07, 6.45) is 6.89. The van der Waals surface area contributed by atoms with E-state index in [-0.39, 0.29) is 0 Å². The van der Waals surface area contributed by atoms with E-state index >= 15 is 0 Å². The molecule has 6 nitrogen and oxygen atoms in total. The van der Waals surface area contributed by atoms with E-state index in [1.807, 2.05) is 31.2 Å². The second kappa shape index (κ2) is 5.46. The number of hydrogen-bond acceptors (Lipinski definition) is 4. The average molecular weight is 305 g/mol. The lowest BCUT2D eigenvalue weighted by molar-refractivity contribution is 0.100. The number of benzene rings is 1. The molecule has 114 valence electrons. The summed E-state index contributed by atoms with van der Waals surface area (Å²) in [4.78, 5) is 16.1. The third kappa shape index (κ3) is 2.49. The van der Waals surface area contributed by atoms with Crippen molar-refractivity contribution in [3.63, 3.8) is 0 Å². The molecule has 3 rings (SSSR count). The fourth-order valence-corrected chi connectivity index (χ4v) is 2.56. The highest BCUT2D eigenvalue weighted by atomic mass is 16.1. The zero-order chi connectivity index (χ0) is 16.6. The molecule has 1 amide bonds. The maximum atomic E-state index is 11.8. The van der Waals surface area contributed by atoms with Crippen molar-refractivity contribution in [2.45, 2.75) is 6.92 Å². The molecule has 2 heterocycles. The first-order chi connectivity index (χ1) is 11.0. The Balaban J connectivity index is 2.23. The largest absolute Gasteiger partial charge is 0.365 e. The van der Waals surface area contributed by atoms with Crippen LogP contribution in [0.4, 0.5) is 11.4 Å². The van der Waals surface area contributed by atoms with Crippen molar-refractivity contribution in [1.82, 2.24) is 14.8 Å². The Bertz CT molecular complexity index is 965. The molecule has 3 N–H and O–H groups in total. The van der Waals surface area contributed by atoms with Crippen LogP contribution in [0.15, 0.2) is 30.5 Å². The number of nitrogens with zero attached hydrogens (tertiary/aromatic N) is 3. The molecule has 2 aromatic heterocycles. The maximum Gasteiger partial charge on any atom is 0.252 e. The lowest BCUT2D eigenvalue weighted by Crippen LogP contribution is -2.14. The van der Waals surface area contributed by atoms with Crippen LogP contribution in [-0.2, 0) is 7.05 Å². The number of pyridine rings is 1. The van der Waals surface area contributed by atoms with Gasteiger partial charge in [-0.3, -0.25) is 9.48 Å². The highest BCUT2D eigenvalue weighted by molar-refractivity contribution is 6.07. The SMILES string of the molecule is C#Cc1cccc(Nc2c(C(N)=O)cnc3c2c(C)nn3C)c1. The van der Waals surface area contributed by atoms with Crippen LogP contribution in [0.3, 0.4) is 0 Å². The molecular weight excluding hydrogens is 290 g/mol. The van der Waals surface area contributed by atoms with Crippen molar-refractivity contribution < 1.29 is 4.79 Å². The lowest BCUT2D eigenvalue weighted by atomic mass is 10.1. The number of nitrogens with one attached hydrogen (secondary N) is 1. The summed E-state index contributed by atoms with van der Waals surface area (Å²) in [5.74, 6) is 2.03. The lowest BCUT2D eigenvalue weighted by Gasteiger charge is -2.12. The second-order valence-electron chi connectivity index (χ2n) is 5.17. The van der Waals surface area contributed by atoms with Crippen LogP contribution < -0.4 is 11.1 Å². The van der Waals surface area contributed by atoms with Crippen LogP contribution in [-0.4, -0.2) is 20.7 Å². The highest BCUT2D eigenvalue weighted by Crippen LogP contribution is 2.31. The van der Waals surface area contributed by atoms with Gasteiger partial charge < -0.3 is 11.1 Å². The summed E-state index contributed by atoms with van der Waals surface area (Å²) in [5, 5.41) is 8.35. The predicted molar refractivity (Wildman–Crippen MR) is 89.4 cm³/mol. The van der Waals surface area contributed by atoms with Gasteiger partial charge >= 0.3 is 0 Å². The van der Waals surface area contributed by atoms with Crippen LogP contribution in [0.25, 0.3) is 11.0 Å². The van der Waals surface area contributed by atoms with Crippen LogP contribution in [0, 0.1) is 19.3 Å². The predicted octanol–water partition coefficient (Wildman–Crippen LogP) is 2.10. The van der Waals surface area contributed by atoms with E-state index in [9.17, 15) is 4.79 Å². The average Bonchev–Trinajstić information content (AvgIpc) is 2.82. The Hall–Kier alpha value is -3.33. The molecule has 1 aromatic carbocycles. The van der Waals surface area contributed by atoms with Gasteiger partial charge in [-0.05, 0) is 25.1 Å². The molecule has 0 bridgehead atoms. The molecule has 0 unspecified atom stereocenters. The van der Waals surface area contributed by atoms with Crippen molar-refractivity contribution >= 4 is 28.3 Å². The van der Waals surface area contributed by atoms with Crippen LogP contribution in [0.5, 0.6) is 0 Å². The van der Waals surface area contributed by atoms with E-state index in [1.54, 1.807) is 11.7 Å². The quantitative estimate of drug-likeness (QED) is 0.726. The van der Waals surface area contributed by atoms with Gasteiger partial charge in [0.25, 0.3) is 5.91 Å². The molecule has 0 saturated heterocycles. The fraction of sp³-hybridized carbons (Fsp3) is 0.118. The normalized spacial score (nSPS) is 10.5. The van der Waals surface area contributed by atoms with Gasteiger partial charge in [0.05, 0.1) is 22.3 Å². The van der Waals surface area contributed by atoms with Gasteiger partial charge in [0.15, 0.2) is 5.65 Å². The zero-order valence-electron chi connectivity index (χ0n) is 12.8. The van der Waals surface area contributed by atoms with Crippen molar-refractivity contribution in [3.05, 3.63) is 47.3 Å². The number of hydrogen-bond donors (Lipinski definition) is 2. The molecule has 0 aliphatic rings. The number of anilines is 2. The van der Waals surface area contributed by atoms with E-state index in [0.717, 1.165) is 22.3 Å². The number of amides is 1. The van der Waals surface area contributed by atoms with E-state index in [4.69, 9.17) is 12.2 Å². The summed E-state index contributed by atoms with van der Waals surface area (Å²) in [7, 11) is 1.80. The van der Waals surface area contributed by atoms with Crippen LogP contribution in [0.1, 0.15) is 21.6 Å². The molecule has 3 aromatic rings. The number of terminal acetylenes is 1. The van der Waals surface area contributed by atoms with E-state index < -0.39 is 5.91 Å². The number of nitrogens with two attached hydrogens (primary N) is 1. The summed E-state index contributed by atoms with van der Waals surface area (Å²) in [6.45, 7) is 1.86. The van der Waals surface area contributed by atoms with Gasteiger partial charge in [0.2, 0.25) is 0 Å². The smallest absolute Gasteiger partial charge is 0.252 e. The minimum absolute atomic E-state index is 0.305. The fourth-order valence-electron chi connectivity index (χ4n) is 2.56. The zero-order valence-corrected chi connectivity index (χ0v) is 12.8. The molecule has 0 fully saturated rings. The van der Waals surface area contributed by atoms with E-state index in [2.05, 4.69) is 21.3 Å². The number of carbonyl (C=O) groups is 1. The number of rotatable bonds is 3. The summed E-state index contributed by atoms with van der Waals surface area (Å²) in [6, 6.07) is 7.36. The van der Waals surface area contributed by atoms with E-state index in [0.29, 0.717) is 16.9 Å². The Kier molecular flexibility index (Phi) is 3.47. The molecule has 0 radical (unpaired) electrons. The topological polar surface area (TPSA) is 85.8 Å². The van der Waals surface area contributed by atoms with Crippen molar-refractivity contribution in [1.29, 1.82) is 0 Å². The summed E-state index contributed by atoms with van der Waals surface area (Å²) >= 11 is 0. The standard InChI is InChI=1S/C17H15N5O/c1-4-11-6-5-7-12(8-11)20-15-13(16(18)23)9-19-17-14(15)10(2)21-22(17)3/h1,5-9H,2-3H3,(H2,18,23)(H,19,20). The molecule has 0 aliphatic heterocycles. The van der Waals surface area contributed by atoms with Gasteiger partial charge in [0, 0.05) is 24.5 Å². The van der Waals surface area contributed by atoms with Gasteiger partial charge in [-0.2, -0.15) is 5.10 Å². The maximum absolute atomic E-state index is 11.8. The van der Waals surface area contributed by atoms with Gasteiger partial charge in [-0.15, -0.1) is 6.42 Å². The first-order valence-corrected chi connectivity index (χ1v) is 6.97. The Morgan fingerprint density at radius 1 is 1.43 bits per heavy atom. The summed E-state index contributed by atoms with van der Waals surface area (Å²) in [5.41, 5.74) is 9.31. The Morgan fingerprint density at radius 2 is 2.22 bits per heavy atom. The number of fused-ring (bicyclic) bond motifs is 1. The molecule has 6 heteroatoms. The number of primary amides is 1. The minimum Gasteiger partial charge on any atom is -0.365 e. The number of aryl methyl sites for hydroxylation is 2. The first-order valence-electron chi connectivity index (χ1n) is 6.97. The highest BCUT2D eigenvalue weighted by Gasteiger charge is 2.18.